The molecule has 1 atom stereocenters. The Morgan fingerprint density at radius 3 is 2.53 bits per heavy atom. The van der Waals surface area contributed by atoms with E-state index in [-0.39, 0.29) is 6.61 Å². The van der Waals surface area contributed by atoms with Gasteiger partial charge in [0.15, 0.2) is 0 Å². The Bertz CT molecular complexity index is 523. The monoisotopic (exact) mass is 257 g/mol. The van der Waals surface area contributed by atoms with Crippen LogP contribution in [0.25, 0.3) is 0 Å². The molecular weight excluding hydrogens is 238 g/mol. The van der Waals surface area contributed by atoms with Gasteiger partial charge in [-0.1, -0.05) is 37.3 Å². The summed E-state index contributed by atoms with van der Waals surface area (Å²) in [4.78, 5) is 0. The number of aryl methyl sites for hydroxylation is 1. The van der Waals surface area contributed by atoms with Crippen LogP contribution in [0, 0.1) is 0 Å². The van der Waals surface area contributed by atoms with Gasteiger partial charge < -0.3 is 15.6 Å². The first-order valence-electron chi connectivity index (χ1n) is 6.44. The lowest BCUT2D eigenvalue weighted by Gasteiger charge is -2.13. The number of hydrogen-bond acceptors (Lipinski definition) is 3. The number of nitrogens with two attached hydrogens (primary N) is 1. The molecule has 0 aliphatic carbocycles. The molecule has 0 saturated carbocycles. The number of aliphatic hydroxyl groups excluding tert-OH is 1. The van der Waals surface area contributed by atoms with Crippen molar-refractivity contribution in [1.82, 2.24) is 0 Å². The quantitative estimate of drug-likeness (QED) is 0.810. The molecule has 3 N–H and O–H groups in total. The second-order valence-corrected chi connectivity index (χ2v) is 4.49. The molecule has 2 aromatic carbocycles. The summed E-state index contributed by atoms with van der Waals surface area (Å²) in [5.41, 5.74) is 8.44. The van der Waals surface area contributed by atoms with Crippen molar-refractivity contribution >= 4 is 5.69 Å². The fourth-order valence-electron chi connectivity index (χ4n) is 1.85. The summed E-state index contributed by atoms with van der Waals surface area (Å²) in [6.45, 7) is 2.32. The van der Waals surface area contributed by atoms with Gasteiger partial charge in [-0.2, -0.15) is 0 Å². The predicted octanol–water partition coefficient (Wildman–Crippen LogP) is 2.94. The number of ether oxygens (including phenoxy) is 1. The molecule has 3 nitrogen and oxygen atoms in total. The fraction of sp³-hybridized carbons (Fsp3) is 0.250. The van der Waals surface area contributed by atoms with Gasteiger partial charge in [-0.3, -0.25) is 0 Å². The summed E-state index contributed by atoms with van der Waals surface area (Å²) in [6, 6.07) is 15.1. The van der Waals surface area contributed by atoms with E-state index < -0.39 is 6.10 Å². The topological polar surface area (TPSA) is 55.5 Å². The Hall–Kier alpha value is -2.00. The van der Waals surface area contributed by atoms with Crippen LogP contribution in [0.15, 0.2) is 48.5 Å². The number of benzene rings is 2. The molecule has 0 bridgehead atoms. The Morgan fingerprint density at radius 2 is 1.89 bits per heavy atom. The van der Waals surface area contributed by atoms with Gasteiger partial charge in [0.25, 0.3) is 0 Å². The van der Waals surface area contributed by atoms with Crippen molar-refractivity contribution in [1.29, 1.82) is 0 Å². The molecule has 0 aromatic heterocycles. The minimum Gasteiger partial charge on any atom is -0.490 e. The van der Waals surface area contributed by atoms with Gasteiger partial charge in [0.05, 0.1) is 0 Å². The highest BCUT2D eigenvalue weighted by Gasteiger charge is 2.08. The third-order valence-corrected chi connectivity index (χ3v) is 3.04. The van der Waals surface area contributed by atoms with Crippen molar-refractivity contribution in [2.45, 2.75) is 19.4 Å². The number of rotatable bonds is 5. The minimum absolute atomic E-state index is 0.217. The Balaban J connectivity index is 1.95. The molecule has 0 aliphatic heterocycles. The number of nitrogen functional groups attached to an aromatic ring is 1. The maximum Gasteiger partial charge on any atom is 0.121 e. The molecule has 3 heteroatoms. The van der Waals surface area contributed by atoms with E-state index >= 15 is 0 Å². The molecule has 0 saturated heterocycles. The second-order valence-electron chi connectivity index (χ2n) is 4.49. The molecule has 100 valence electrons. The number of anilines is 1. The summed E-state index contributed by atoms with van der Waals surface area (Å²) in [5.74, 6) is 0.671. The first-order valence-corrected chi connectivity index (χ1v) is 6.44. The molecule has 0 fully saturated rings. The lowest BCUT2D eigenvalue weighted by atomic mass is 10.1. The van der Waals surface area contributed by atoms with Crippen LogP contribution in [0.1, 0.15) is 24.2 Å². The summed E-state index contributed by atoms with van der Waals surface area (Å²) in [5, 5.41) is 10.1. The van der Waals surface area contributed by atoms with Crippen LogP contribution in [0.5, 0.6) is 5.75 Å². The normalized spacial score (nSPS) is 12.1. The molecule has 0 radical (unpaired) electrons. The average Bonchev–Trinajstić information content (AvgIpc) is 2.45. The van der Waals surface area contributed by atoms with Crippen LogP contribution >= 0.6 is 0 Å². The first kappa shape index (κ1) is 13.4. The minimum atomic E-state index is -0.632. The zero-order valence-electron chi connectivity index (χ0n) is 11.0. The van der Waals surface area contributed by atoms with Crippen LogP contribution in [-0.4, -0.2) is 11.7 Å². The maximum absolute atomic E-state index is 10.1. The third-order valence-electron chi connectivity index (χ3n) is 3.04. The molecule has 2 rings (SSSR count). The summed E-state index contributed by atoms with van der Waals surface area (Å²) in [7, 11) is 0. The number of hydrogen-bond donors (Lipinski definition) is 2. The van der Waals surface area contributed by atoms with E-state index in [0.29, 0.717) is 11.4 Å². The molecule has 19 heavy (non-hydrogen) atoms. The van der Waals surface area contributed by atoms with Crippen LogP contribution < -0.4 is 10.5 Å². The zero-order valence-corrected chi connectivity index (χ0v) is 11.0. The van der Waals surface area contributed by atoms with E-state index in [0.717, 1.165) is 12.0 Å². The largest absolute Gasteiger partial charge is 0.490 e. The molecule has 1 unspecified atom stereocenters. The Labute approximate surface area is 113 Å². The molecule has 0 heterocycles. The second kappa shape index (κ2) is 6.25. The molecule has 0 aliphatic rings. The van der Waals surface area contributed by atoms with E-state index in [4.69, 9.17) is 10.5 Å². The van der Waals surface area contributed by atoms with E-state index in [1.165, 1.54) is 5.56 Å². The van der Waals surface area contributed by atoms with Crippen molar-refractivity contribution < 1.29 is 9.84 Å². The average molecular weight is 257 g/mol. The predicted molar refractivity (Wildman–Crippen MR) is 77.1 cm³/mol. The highest BCUT2D eigenvalue weighted by atomic mass is 16.5. The first-order chi connectivity index (χ1) is 9.19. The van der Waals surface area contributed by atoms with Crippen LogP contribution in [0.4, 0.5) is 5.69 Å². The van der Waals surface area contributed by atoms with Crippen molar-refractivity contribution in [2.24, 2.45) is 0 Å². The van der Waals surface area contributed by atoms with E-state index in [1.807, 2.05) is 36.4 Å². The zero-order chi connectivity index (χ0) is 13.7. The standard InChI is InChI=1S/C16H19NO2/c1-2-12-6-8-13(9-7-12)16(18)11-19-15-5-3-4-14(17)10-15/h3-10,16,18H,2,11,17H2,1H3. The summed E-state index contributed by atoms with van der Waals surface area (Å²) < 4.78 is 5.53. The van der Waals surface area contributed by atoms with Crippen molar-refractivity contribution in [3.63, 3.8) is 0 Å². The number of aliphatic hydroxyl groups is 1. The van der Waals surface area contributed by atoms with Crippen LogP contribution in [-0.2, 0) is 6.42 Å². The molecule has 2 aromatic rings. The fourth-order valence-corrected chi connectivity index (χ4v) is 1.85. The molecular formula is C16H19NO2. The highest BCUT2D eigenvalue weighted by molar-refractivity contribution is 5.43. The van der Waals surface area contributed by atoms with Crippen molar-refractivity contribution in [3.05, 3.63) is 59.7 Å². The van der Waals surface area contributed by atoms with Gasteiger partial charge in [-0.05, 0) is 29.7 Å². The van der Waals surface area contributed by atoms with Gasteiger partial charge in [-0.15, -0.1) is 0 Å². The maximum atomic E-state index is 10.1. The molecule has 0 spiro atoms. The Morgan fingerprint density at radius 1 is 1.16 bits per heavy atom. The lowest BCUT2D eigenvalue weighted by Crippen LogP contribution is -2.09. The Kier molecular flexibility index (Phi) is 4.42. The van der Waals surface area contributed by atoms with Gasteiger partial charge in [0.2, 0.25) is 0 Å². The summed E-state index contributed by atoms with van der Waals surface area (Å²) >= 11 is 0. The van der Waals surface area contributed by atoms with Crippen molar-refractivity contribution in [3.8, 4) is 5.75 Å². The third kappa shape index (κ3) is 3.73. The van der Waals surface area contributed by atoms with E-state index in [2.05, 4.69) is 6.92 Å². The lowest BCUT2D eigenvalue weighted by molar-refractivity contribution is 0.108. The highest BCUT2D eigenvalue weighted by Crippen LogP contribution is 2.18. The van der Waals surface area contributed by atoms with Gasteiger partial charge >= 0.3 is 0 Å². The van der Waals surface area contributed by atoms with Crippen LogP contribution in [0.2, 0.25) is 0 Å². The van der Waals surface area contributed by atoms with Gasteiger partial charge in [-0.25, -0.2) is 0 Å². The van der Waals surface area contributed by atoms with Crippen LogP contribution in [0.3, 0.4) is 0 Å². The smallest absolute Gasteiger partial charge is 0.121 e. The van der Waals surface area contributed by atoms with E-state index in [1.54, 1.807) is 12.1 Å². The van der Waals surface area contributed by atoms with Gasteiger partial charge in [0, 0.05) is 11.8 Å². The van der Waals surface area contributed by atoms with Crippen molar-refractivity contribution in [2.75, 3.05) is 12.3 Å². The van der Waals surface area contributed by atoms with E-state index in [9.17, 15) is 5.11 Å². The SMILES string of the molecule is CCc1ccc(C(O)COc2cccc(N)c2)cc1. The summed E-state index contributed by atoms with van der Waals surface area (Å²) in [6.07, 6.45) is 0.364. The molecule has 0 amide bonds. The van der Waals surface area contributed by atoms with Gasteiger partial charge in [0.1, 0.15) is 18.5 Å².